The SMILES string of the molecule is CSCCC(NC(=O)C(N)CCC(N)=O)C(=O)NCC(=O)NC(Cc1c[nH]c2ccccc12)C(=O)O. The number of hydrogen-bond acceptors (Lipinski definition) is 7. The first kappa shape index (κ1) is 28.7. The number of benzene rings is 1. The highest BCUT2D eigenvalue weighted by Crippen LogP contribution is 2.19. The normalized spacial score (nSPS) is 13.4. The van der Waals surface area contributed by atoms with Gasteiger partial charge in [0.1, 0.15) is 12.1 Å². The van der Waals surface area contributed by atoms with Crippen LogP contribution in [0.1, 0.15) is 24.8 Å². The van der Waals surface area contributed by atoms with Crippen LogP contribution in [0.4, 0.5) is 0 Å². The summed E-state index contributed by atoms with van der Waals surface area (Å²) in [5.74, 6) is -3.18. The van der Waals surface area contributed by atoms with Crippen LogP contribution in [0, 0.1) is 0 Å². The molecule has 0 aliphatic rings. The first-order chi connectivity index (χ1) is 17.1. The molecule has 196 valence electrons. The summed E-state index contributed by atoms with van der Waals surface area (Å²) >= 11 is 1.46. The lowest BCUT2D eigenvalue weighted by atomic mass is 10.0. The Labute approximate surface area is 212 Å². The number of para-hydroxylation sites is 1. The highest BCUT2D eigenvalue weighted by molar-refractivity contribution is 7.98. The number of rotatable bonds is 15. The monoisotopic (exact) mass is 520 g/mol. The van der Waals surface area contributed by atoms with E-state index < -0.39 is 54.3 Å². The number of nitrogens with two attached hydrogens (primary N) is 2. The summed E-state index contributed by atoms with van der Waals surface area (Å²) in [6.07, 6.45) is 3.83. The number of hydrogen-bond donors (Lipinski definition) is 7. The lowest BCUT2D eigenvalue weighted by Gasteiger charge is -2.21. The van der Waals surface area contributed by atoms with Gasteiger partial charge in [0.15, 0.2) is 0 Å². The van der Waals surface area contributed by atoms with E-state index in [1.807, 2.05) is 30.5 Å². The molecule has 3 unspecified atom stereocenters. The number of amides is 4. The molecule has 0 saturated carbocycles. The predicted octanol–water partition coefficient (Wildman–Crippen LogP) is -0.773. The number of primary amides is 1. The number of H-pyrrole nitrogens is 1. The Bertz CT molecular complexity index is 1090. The van der Waals surface area contributed by atoms with Gasteiger partial charge in [-0.3, -0.25) is 19.2 Å². The molecular formula is C23H32N6O6S. The number of carbonyl (C=O) groups excluding carboxylic acids is 4. The van der Waals surface area contributed by atoms with Crippen LogP contribution in [0.3, 0.4) is 0 Å². The number of aromatic nitrogens is 1. The Morgan fingerprint density at radius 2 is 1.78 bits per heavy atom. The number of carboxylic acids is 1. The van der Waals surface area contributed by atoms with Gasteiger partial charge in [0.05, 0.1) is 12.6 Å². The molecule has 0 fully saturated rings. The molecule has 36 heavy (non-hydrogen) atoms. The molecule has 1 heterocycles. The van der Waals surface area contributed by atoms with Crippen molar-refractivity contribution in [2.24, 2.45) is 11.5 Å². The van der Waals surface area contributed by atoms with Crippen molar-refractivity contribution in [3.8, 4) is 0 Å². The number of aliphatic carboxylic acids is 1. The minimum Gasteiger partial charge on any atom is -0.480 e. The zero-order valence-corrected chi connectivity index (χ0v) is 20.7. The van der Waals surface area contributed by atoms with E-state index in [-0.39, 0.29) is 25.7 Å². The third-order valence-corrected chi connectivity index (χ3v) is 6.08. The van der Waals surface area contributed by atoms with E-state index in [1.165, 1.54) is 11.8 Å². The molecule has 2 rings (SSSR count). The second-order valence-corrected chi connectivity index (χ2v) is 9.18. The summed E-state index contributed by atoms with van der Waals surface area (Å²) in [6, 6.07) is 4.21. The van der Waals surface area contributed by atoms with Crippen LogP contribution in [0.25, 0.3) is 10.9 Å². The maximum Gasteiger partial charge on any atom is 0.326 e. The van der Waals surface area contributed by atoms with E-state index in [4.69, 9.17) is 11.5 Å². The molecule has 0 bridgehead atoms. The van der Waals surface area contributed by atoms with Crippen molar-refractivity contribution in [2.75, 3.05) is 18.6 Å². The molecule has 13 heteroatoms. The molecule has 0 aliphatic carbocycles. The molecule has 2 aromatic rings. The summed E-state index contributed by atoms with van der Waals surface area (Å²) in [6.45, 7) is -0.476. The van der Waals surface area contributed by atoms with Gasteiger partial charge in [0, 0.05) is 29.9 Å². The minimum absolute atomic E-state index is 0.0352. The number of thioether (sulfide) groups is 1. The lowest BCUT2D eigenvalue weighted by molar-refractivity contribution is -0.141. The van der Waals surface area contributed by atoms with Crippen molar-refractivity contribution in [2.45, 2.75) is 43.8 Å². The van der Waals surface area contributed by atoms with Gasteiger partial charge in [0.2, 0.25) is 23.6 Å². The van der Waals surface area contributed by atoms with E-state index in [9.17, 15) is 29.1 Å². The van der Waals surface area contributed by atoms with Crippen molar-refractivity contribution >= 4 is 52.3 Å². The summed E-state index contributed by atoms with van der Waals surface area (Å²) in [4.78, 5) is 63.1. The van der Waals surface area contributed by atoms with E-state index >= 15 is 0 Å². The predicted molar refractivity (Wildman–Crippen MR) is 136 cm³/mol. The van der Waals surface area contributed by atoms with Gasteiger partial charge >= 0.3 is 5.97 Å². The molecule has 0 aliphatic heterocycles. The summed E-state index contributed by atoms with van der Waals surface area (Å²) in [7, 11) is 0. The molecule has 0 radical (unpaired) electrons. The van der Waals surface area contributed by atoms with Crippen molar-refractivity contribution < 1.29 is 29.1 Å². The van der Waals surface area contributed by atoms with Crippen molar-refractivity contribution in [1.29, 1.82) is 0 Å². The smallest absolute Gasteiger partial charge is 0.326 e. The molecule has 9 N–H and O–H groups in total. The lowest BCUT2D eigenvalue weighted by Crippen LogP contribution is -2.53. The van der Waals surface area contributed by atoms with Crippen LogP contribution >= 0.6 is 11.8 Å². The summed E-state index contributed by atoms with van der Waals surface area (Å²) in [5, 5.41) is 17.8. The molecule has 0 spiro atoms. The Morgan fingerprint density at radius 3 is 2.44 bits per heavy atom. The zero-order valence-electron chi connectivity index (χ0n) is 19.9. The zero-order chi connectivity index (χ0) is 26.7. The maximum absolute atomic E-state index is 12.6. The van der Waals surface area contributed by atoms with Crippen LogP contribution in [0.5, 0.6) is 0 Å². The van der Waals surface area contributed by atoms with Crippen molar-refractivity contribution in [1.82, 2.24) is 20.9 Å². The molecular weight excluding hydrogens is 488 g/mol. The van der Waals surface area contributed by atoms with Crippen LogP contribution < -0.4 is 27.4 Å². The average molecular weight is 521 g/mol. The van der Waals surface area contributed by atoms with Gasteiger partial charge in [-0.1, -0.05) is 18.2 Å². The van der Waals surface area contributed by atoms with E-state index in [0.29, 0.717) is 5.75 Å². The summed E-state index contributed by atoms with van der Waals surface area (Å²) < 4.78 is 0. The highest BCUT2D eigenvalue weighted by atomic mass is 32.2. The standard InChI is InChI=1S/C23H32N6O6S/c1-36-9-8-17(29-21(32)15(24)6-7-19(25)30)22(33)27-12-20(31)28-18(23(34)35)10-13-11-26-16-5-3-2-4-14(13)16/h2-5,11,15,17-18,26H,6-10,12,24H2,1H3,(H2,25,30)(H,27,33)(H,28,31)(H,29,32)(H,34,35). The van der Waals surface area contributed by atoms with Crippen LogP contribution in [-0.4, -0.2) is 76.4 Å². The Morgan fingerprint density at radius 1 is 1.06 bits per heavy atom. The Balaban J connectivity index is 1.93. The van der Waals surface area contributed by atoms with Crippen LogP contribution in [-0.2, 0) is 30.4 Å². The Kier molecular flexibility index (Phi) is 11.2. The fourth-order valence-electron chi connectivity index (χ4n) is 3.47. The largest absolute Gasteiger partial charge is 0.480 e. The number of nitrogens with one attached hydrogen (secondary N) is 4. The molecule has 1 aromatic carbocycles. The van der Waals surface area contributed by atoms with Gasteiger partial charge in [-0.05, 0) is 36.5 Å². The molecule has 4 amide bonds. The number of carboxylic acid groups (broad SMARTS) is 1. The van der Waals surface area contributed by atoms with Crippen LogP contribution in [0.2, 0.25) is 0 Å². The average Bonchev–Trinajstić information content (AvgIpc) is 3.25. The topological polar surface area (TPSA) is 209 Å². The van der Waals surface area contributed by atoms with Gasteiger partial charge in [-0.25, -0.2) is 4.79 Å². The molecule has 3 atom stereocenters. The van der Waals surface area contributed by atoms with Crippen LogP contribution in [0.15, 0.2) is 30.5 Å². The Hall–Kier alpha value is -3.58. The van der Waals surface area contributed by atoms with E-state index in [1.54, 1.807) is 6.20 Å². The van der Waals surface area contributed by atoms with E-state index in [0.717, 1.165) is 16.5 Å². The van der Waals surface area contributed by atoms with Crippen molar-refractivity contribution in [3.63, 3.8) is 0 Å². The van der Waals surface area contributed by atoms with Gasteiger partial charge in [-0.15, -0.1) is 0 Å². The molecule has 1 aromatic heterocycles. The summed E-state index contributed by atoms with van der Waals surface area (Å²) in [5.41, 5.74) is 12.4. The third kappa shape index (κ3) is 8.89. The van der Waals surface area contributed by atoms with Crippen molar-refractivity contribution in [3.05, 3.63) is 36.0 Å². The van der Waals surface area contributed by atoms with Gasteiger partial charge < -0.3 is 37.5 Å². The number of fused-ring (bicyclic) bond motifs is 1. The molecule has 0 saturated heterocycles. The highest BCUT2D eigenvalue weighted by Gasteiger charge is 2.25. The first-order valence-electron chi connectivity index (χ1n) is 11.3. The first-order valence-corrected chi connectivity index (χ1v) is 12.7. The number of carbonyl (C=O) groups is 5. The maximum atomic E-state index is 12.6. The minimum atomic E-state index is -1.21. The number of aromatic amines is 1. The second kappa shape index (κ2) is 14.1. The van der Waals surface area contributed by atoms with Gasteiger partial charge in [0.25, 0.3) is 0 Å². The fraction of sp³-hybridized carbons (Fsp3) is 0.435. The van der Waals surface area contributed by atoms with Gasteiger partial charge in [-0.2, -0.15) is 11.8 Å². The van der Waals surface area contributed by atoms with E-state index in [2.05, 4.69) is 20.9 Å². The third-order valence-electron chi connectivity index (χ3n) is 5.44. The fourth-order valence-corrected chi connectivity index (χ4v) is 3.94. The second-order valence-electron chi connectivity index (χ2n) is 8.19. The quantitative estimate of drug-likeness (QED) is 0.158. The molecule has 12 nitrogen and oxygen atoms in total.